The second kappa shape index (κ2) is 4.39. The van der Waals surface area contributed by atoms with E-state index < -0.39 is 0 Å². The van der Waals surface area contributed by atoms with E-state index in [-0.39, 0.29) is 5.03 Å². The van der Waals surface area contributed by atoms with Crippen molar-refractivity contribution in [1.82, 2.24) is 4.98 Å². The zero-order valence-corrected chi connectivity index (χ0v) is 7.71. The van der Waals surface area contributed by atoms with Crippen molar-refractivity contribution in [1.29, 1.82) is 5.26 Å². The maximum absolute atomic E-state index is 8.28. The van der Waals surface area contributed by atoms with Crippen LogP contribution in [0.4, 0.5) is 0 Å². The first kappa shape index (κ1) is 8.60. The number of allylic oxidation sites excluding steroid dienone is 1. The molecule has 1 aromatic heterocycles. The highest BCUT2D eigenvalue weighted by Gasteiger charge is 1.93. The van der Waals surface area contributed by atoms with Gasteiger partial charge in [0.1, 0.15) is 11.1 Å². The largest absolute Gasteiger partial charge is 0.238 e. The minimum atomic E-state index is 0.185. The zero-order valence-electron chi connectivity index (χ0n) is 5.32. The van der Waals surface area contributed by atoms with Crippen LogP contribution in [0.1, 0.15) is 0 Å². The minimum Gasteiger partial charge on any atom is -0.238 e. The highest BCUT2D eigenvalue weighted by molar-refractivity contribution is 8.03. The van der Waals surface area contributed by atoms with Crippen molar-refractivity contribution in [3.63, 3.8) is 0 Å². The van der Waals surface area contributed by atoms with Crippen LogP contribution in [-0.2, 0) is 0 Å². The number of nitrogens with zero attached hydrogens (tertiary/aromatic N) is 2. The monoisotopic (exact) mass is 202 g/mol. The Hall–Kier alpha value is -0.500. The highest BCUT2D eigenvalue weighted by atomic mass is 35.5. The molecule has 1 heterocycles. The van der Waals surface area contributed by atoms with Crippen LogP contribution in [0, 0.1) is 11.3 Å². The molecule has 11 heavy (non-hydrogen) atoms. The molecule has 2 nitrogen and oxygen atoms in total. The molecule has 0 saturated heterocycles. The van der Waals surface area contributed by atoms with E-state index in [0.717, 1.165) is 4.34 Å². The van der Waals surface area contributed by atoms with Crippen molar-refractivity contribution in [3.8, 4) is 6.07 Å². The first-order chi connectivity index (χ1) is 5.33. The molecule has 56 valence electrons. The summed E-state index contributed by atoms with van der Waals surface area (Å²) in [6, 6.07) is 1.81. The number of nitriles is 1. The van der Waals surface area contributed by atoms with Gasteiger partial charge in [-0.2, -0.15) is 5.26 Å². The quantitative estimate of drug-likeness (QED) is 0.547. The summed E-state index contributed by atoms with van der Waals surface area (Å²) < 4.78 is 0.887. The van der Waals surface area contributed by atoms with Gasteiger partial charge in [-0.25, -0.2) is 4.98 Å². The number of thiazole rings is 1. The van der Waals surface area contributed by atoms with E-state index in [4.69, 9.17) is 16.9 Å². The predicted octanol–water partition coefficient (Wildman–Crippen LogP) is 2.84. The number of thioether (sulfide) groups is 1. The standard InChI is InChI=1S/C6H3ClN2S2/c7-5(3-8)4-11-6-9-1-2-10-6/h1-2,4H. The SMILES string of the molecule is N#CC(Cl)=CSc1nccs1. The number of hydrogen-bond acceptors (Lipinski definition) is 4. The third kappa shape index (κ3) is 2.93. The summed E-state index contributed by atoms with van der Waals surface area (Å²) >= 11 is 8.30. The van der Waals surface area contributed by atoms with Crippen molar-refractivity contribution >= 4 is 34.7 Å². The smallest absolute Gasteiger partial charge is 0.154 e. The van der Waals surface area contributed by atoms with E-state index in [1.807, 2.05) is 11.4 Å². The molecule has 0 saturated carbocycles. The molecule has 1 rings (SSSR count). The Morgan fingerprint density at radius 3 is 3.27 bits per heavy atom. The molecule has 0 unspecified atom stereocenters. The van der Waals surface area contributed by atoms with E-state index in [1.54, 1.807) is 11.6 Å². The molecule has 0 aliphatic heterocycles. The topological polar surface area (TPSA) is 36.7 Å². The van der Waals surface area contributed by atoms with Crippen molar-refractivity contribution in [3.05, 3.63) is 22.0 Å². The van der Waals surface area contributed by atoms with Gasteiger partial charge in [0.05, 0.1) is 0 Å². The average Bonchev–Trinajstić information content (AvgIpc) is 2.52. The second-order valence-corrected chi connectivity index (χ2v) is 3.91. The lowest BCUT2D eigenvalue weighted by atomic mass is 10.7. The molecular formula is C6H3ClN2S2. The van der Waals surface area contributed by atoms with Gasteiger partial charge in [-0.15, -0.1) is 11.3 Å². The molecule has 5 heteroatoms. The van der Waals surface area contributed by atoms with Crippen molar-refractivity contribution in [2.75, 3.05) is 0 Å². The van der Waals surface area contributed by atoms with E-state index in [9.17, 15) is 0 Å². The second-order valence-electron chi connectivity index (χ2n) is 1.49. The van der Waals surface area contributed by atoms with E-state index in [2.05, 4.69) is 4.98 Å². The molecular weight excluding hydrogens is 200 g/mol. The maximum atomic E-state index is 8.28. The maximum Gasteiger partial charge on any atom is 0.154 e. The number of rotatable bonds is 2. The Balaban J connectivity index is 2.54. The van der Waals surface area contributed by atoms with Gasteiger partial charge in [-0.05, 0) is 0 Å². The van der Waals surface area contributed by atoms with E-state index in [1.165, 1.54) is 23.1 Å². The van der Waals surface area contributed by atoms with Gasteiger partial charge in [0.15, 0.2) is 4.34 Å². The molecule has 1 aromatic rings. The molecule has 0 atom stereocenters. The summed E-state index contributed by atoms with van der Waals surface area (Å²) in [7, 11) is 0. The normalized spacial score (nSPS) is 11.1. The molecule has 0 aromatic carbocycles. The number of halogens is 1. The molecule has 0 amide bonds. The fourth-order valence-corrected chi connectivity index (χ4v) is 1.80. The fourth-order valence-electron chi connectivity index (χ4n) is 0.397. The van der Waals surface area contributed by atoms with Crippen LogP contribution < -0.4 is 0 Å². The van der Waals surface area contributed by atoms with Gasteiger partial charge >= 0.3 is 0 Å². The lowest BCUT2D eigenvalue weighted by molar-refractivity contribution is 1.26. The molecule has 0 fully saturated rings. The molecule has 0 aliphatic rings. The number of aromatic nitrogens is 1. The zero-order chi connectivity index (χ0) is 8.10. The molecule has 0 spiro atoms. The first-order valence-corrected chi connectivity index (χ1v) is 4.78. The third-order valence-corrected chi connectivity index (χ3v) is 2.91. The highest BCUT2D eigenvalue weighted by Crippen LogP contribution is 2.23. The lowest BCUT2D eigenvalue weighted by Crippen LogP contribution is -1.62. The summed E-state index contributed by atoms with van der Waals surface area (Å²) in [5, 5.41) is 11.9. The van der Waals surface area contributed by atoms with Gasteiger partial charge in [-0.1, -0.05) is 23.4 Å². The Morgan fingerprint density at radius 1 is 1.91 bits per heavy atom. The van der Waals surface area contributed by atoms with E-state index in [0.29, 0.717) is 0 Å². The summed E-state index contributed by atoms with van der Waals surface area (Å²) in [5.74, 6) is 0. The molecule has 0 radical (unpaired) electrons. The van der Waals surface area contributed by atoms with Crippen LogP contribution >= 0.6 is 34.7 Å². The van der Waals surface area contributed by atoms with Crippen LogP contribution in [-0.4, -0.2) is 4.98 Å². The summed E-state index contributed by atoms with van der Waals surface area (Å²) in [5.41, 5.74) is 0. The van der Waals surface area contributed by atoms with Crippen LogP contribution in [0.25, 0.3) is 0 Å². The van der Waals surface area contributed by atoms with Crippen molar-refractivity contribution in [2.45, 2.75) is 4.34 Å². The van der Waals surface area contributed by atoms with Gasteiger partial charge in [0.25, 0.3) is 0 Å². The van der Waals surface area contributed by atoms with Crippen molar-refractivity contribution in [2.24, 2.45) is 0 Å². The van der Waals surface area contributed by atoms with Crippen LogP contribution in [0.15, 0.2) is 26.4 Å². The summed E-state index contributed by atoms with van der Waals surface area (Å²) in [4.78, 5) is 3.99. The van der Waals surface area contributed by atoms with Gasteiger partial charge in [-0.3, -0.25) is 0 Å². The minimum absolute atomic E-state index is 0.185. The fraction of sp³-hybridized carbons (Fsp3) is 0. The van der Waals surface area contributed by atoms with E-state index >= 15 is 0 Å². The Labute approximate surface area is 77.5 Å². The third-order valence-electron chi connectivity index (χ3n) is 0.780. The van der Waals surface area contributed by atoms with Crippen molar-refractivity contribution < 1.29 is 0 Å². The Bertz CT molecular complexity index is 286. The first-order valence-electron chi connectivity index (χ1n) is 2.65. The van der Waals surface area contributed by atoms with Crippen LogP contribution in [0.5, 0.6) is 0 Å². The molecule has 0 bridgehead atoms. The number of hydrogen-bond donors (Lipinski definition) is 0. The Kier molecular flexibility index (Phi) is 3.43. The Morgan fingerprint density at radius 2 is 2.73 bits per heavy atom. The van der Waals surface area contributed by atoms with Crippen LogP contribution in [0.2, 0.25) is 0 Å². The molecule has 0 aliphatic carbocycles. The average molecular weight is 203 g/mol. The van der Waals surface area contributed by atoms with Gasteiger partial charge in [0.2, 0.25) is 0 Å². The molecule has 0 N–H and O–H groups in total. The van der Waals surface area contributed by atoms with Gasteiger partial charge in [0, 0.05) is 17.0 Å². The predicted molar refractivity (Wildman–Crippen MR) is 47.5 cm³/mol. The summed E-state index contributed by atoms with van der Waals surface area (Å²) in [6.45, 7) is 0. The van der Waals surface area contributed by atoms with Gasteiger partial charge < -0.3 is 0 Å². The lowest BCUT2D eigenvalue weighted by Gasteiger charge is -1.83. The van der Waals surface area contributed by atoms with Crippen LogP contribution in [0.3, 0.4) is 0 Å². The summed E-state index contributed by atoms with van der Waals surface area (Å²) in [6.07, 6.45) is 1.71.